The molecule has 6 heteroatoms. The van der Waals surface area contributed by atoms with E-state index in [1.807, 2.05) is 37.8 Å². The van der Waals surface area contributed by atoms with Gasteiger partial charge in [-0.2, -0.15) is 0 Å². The van der Waals surface area contributed by atoms with Gasteiger partial charge in [-0.3, -0.25) is 4.90 Å². The van der Waals surface area contributed by atoms with Crippen LogP contribution in [0.1, 0.15) is 35.7 Å². The van der Waals surface area contributed by atoms with Crippen molar-refractivity contribution in [2.45, 2.75) is 32.4 Å². The van der Waals surface area contributed by atoms with Gasteiger partial charge in [0.15, 0.2) is 0 Å². The standard InChI is InChI=1S/C20H24N6/c1-15-5-3-8-23-20(15)24-19-11-16(7-9-22-19)18-6-4-10-26(18)13-17-12-21-14-25(17)2/h3,5,7-9,11-12,14,18H,4,6,10,13H2,1-2H3,(H,22,23,24)/t18-/m0/s1. The van der Waals surface area contributed by atoms with Gasteiger partial charge in [-0.25, -0.2) is 15.0 Å². The van der Waals surface area contributed by atoms with Crippen LogP contribution in [0, 0.1) is 6.92 Å². The summed E-state index contributed by atoms with van der Waals surface area (Å²) in [6.07, 6.45) is 9.89. The Kier molecular flexibility index (Phi) is 4.67. The van der Waals surface area contributed by atoms with Crippen LogP contribution >= 0.6 is 0 Å². The van der Waals surface area contributed by atoms with Gasteiger partial charge >= 0.3 is 0 Å². The molecule has 1 atom stereocenters. The lowest BCUT2D eigenvalue weighted by Gasteiger charge is -2.25. The molecule has 0 aliphatic carbocycles. The van der Waals surface area contributed by atoms with Gasteiger partial charge in [-0.05, 0) is 55.6 Å². The van der Waals surface area contributed by atoms with E-state index in [2.05, 4.69) is 48.9 Å². The highest BCUT2D eigenvalue weighted by Gasteiger charge is 2.27. The number of imidazole rings is 1. The van der Waals surface area contributed by atoms with E-state index in [9.17, 15) is 0 Å². The van der Waals surface area contributed by atoms with Crippen molar-refractivity contribution in [3.05, 3.63) is 66.0 Å². The molecule has 3 aromatic heterocycles. The SMILES string of the molecule is Cc1cccnc1Nc1cc([C@@H]2CCCN2Cc2cncn2C)ccn1. The molecule has 4 heterocycles. The summed E-state index contributed by atoms with van der Waals surface area (Å²) in [6, 6.07) is 8.69. The van der Waals surface area contributed by atoms with Crippen LogP contribution in [0.25, 0.3) is 0 Å². The number of nitrogens with one attached hydrogen (secondary N) is 1. The van der Waals surface area contributed by atoms with Crippen molar-refractivity contribution in [1.29, 1.82) is 0 Å². The fraction of sp³-hybridized carbons (Fsp3) is 0.350. The Morgan fingerprint density at radius 3 is 2.96 bits per heavy atom. The highest BCUT2D eigenvalue weighted by atomic mass is 15.2. The molecule has 1 aliphatic heterocycles. The molecule has 0 aromatic carbocycles. The van der Waals surface area contributed by atoms with Gasteiger partial charge < -0.3 is 9.88 Å². The van der Waals surface area contributed by atoms with Crippen LogP contribution in [0.15, 0.2) is 49.2 Å². The topological polar surface area (TPSA) is 58.9 Å². The summed E-state index contributed by atoms with van der Waals surface area (Å²) in [6.45, 7) is 4.08. The number of hydrogen-bond acceptors (Lipinski definition) is 5. The minimum atomic E-state index is 0.415. The zero-order valence-corrected chi connectivity index (χ0v) is 15.3. The number of aromatic nitrogens is 4. The van der Waals surface area contributed by atoms with Gasteiger partial charge in [0.1, 0.15) is 11.6 Å². The summed E-state index contributed by atoms with van der Waals surface area (Å²) in [7, 11) is 2.05. The molecule has 0 amide bonds. The molecule has 1 saturated heterocycles. The highest BCUT2D eigenvalue weighted by Crippen LogP contribution is 2.34. The van der Waals surface area contributed by atoms with Crippen molar-refractivity contribution < 1.29 is 0 Å². The molecular formula is C20H24N6. The first-order valence-electron chi connectivity index (χ1n) is 9.04. The molecule has 1 N–H and O–H groups in total. The third-order valence-corrected chi connectivity index (χ3v) is 5.07. The zero-order chi connectivity index (χ0) is 17.9. The van der Waals surface area contributed by atoms with Crippen molar-refractivity contribution in [2.24, 2.45) is 7.05 Å². The maximum Gasteiger partial charge on any atom is 0.134 e. The summed E-state index contributed by atoms with van der Waals surface area (Å²) in [5, 5.41) is 3.35. The molecule has 1 fully saturated rings. The van der Waals surface area contributed by atoms with Crippen molar-refractivity contribution in [1.82, 2.24) is 24.4 Å². The number of nitrogens with zero attached hydrogens (tertiary/aromatic N) is 5. The quantitative estimate of drug-likeness (QED) is 0.763. The molecule has 134 valence electrons. The fourth-order valence-corrected chi connectivity index (χ4v) is 3.60. The molecule has 4 rings (SSSR count). The van der Waals surface area contributed by atoms with Crippen molar-refractivity contribution in [2.75, 3.05) is 11.9 Å². The largest absolute Gasteiger partial charge is 0.337 e. The first kappa shape index (κ1) is 16.7. The van der Waals surface area contributed by atoms with Crippen LogP contribution in [0.5, 0.6) is 0 Å². The maximum absolute atomic E-state index is 4.48. The summed E-state index contributed by atoms with van der Waals surface area (Å²) in [5.41, 5.74) is 3.66. The Bertz CT molecular complexity index is 887. The number of aryl methyl sites for hydroxylation is 2. The lowest BCUT2D eigenvalue weighted by atomic mass is 10.1. The van der Waals surface area contributed by atoms with Crippen LogP contribution in [-0.4, -0.2) is 31.0 Å². The first-order valence-corrected chi connectivity index (χ1v) is 9.04. The Balaban J connectivity index is 1.53. The Hall–Kier alpha value is -2.73. The van der Waals surface area contributed by atoms with Gasteiger partial charge in [0.05, 0.1) is 12.0 Å². The fourth-order valence-electron chi connectivity index (χ4n) is 3.60. The van der Waals surface area contributed by atoms with Crippen LogP contribution in [0.4, 0.5) is 11.6 Å². The van der Waals surface area contributed by atoms with Crippen LogP contribution in [0.2, 0.25) is 0 Å². The third-order valence-electron chi connectivity index (χ3n) is 5.07. The molecule has 26 heavy (non-hydrogen) atoms. The average molecular weight is 348 g/mol. The highest BCUT2D eigenvalue weighted by molar-refractivity contribution is 5.56. The van der Waals surface area contributed by atoms with Gasteiger partial charge in [0.25, 0.3) is 0 Å². The molecule has 0 spiro atoms. The van der Waals surface area contributed by atoms with E-state index in [0.717, 1.165) is 30.3 Å². The van der Waals surface area contributed by atoms with E-state index in [-0.39, 0.29) is 0 Å². The second kappa shape index (κ2) is 7.25. The van der Waals surface area contributed by atoms with E-state index in [1.54, 1.807) is 6.20 Å². The molecule has 3 aromatic rings. The smallest absolute Gasteiger partial charge is 0.134 e. The van der Waals surface area contributed by atoms with Gasteiger partial charge in [-0.1, -0.05) is 6.07 Å². The predicted octanol–water partition coefficient (Wildman–Crippen LogP) is 3.60. The average Bonchev–Trinajstić information content (AvgIpc) is 3.27. The van der Waals surface area contributed by atoms with E-state index in [0.29, 0.717) is 6.04 Å². The Labute approximate surface area is 153 Å². The van der Waals surface area contributed by atoms with E-state index < -0.39 is 0 Å². The zero-order valence-electron chi connectivity index (χ0n) is 15.3. The second-order valence-corrected chi connectivity index (χ2v) is 6.89. The minimum Gasteiger partial charge on any atom is -0.337 e. The van der Waals surface area contributed by atoms with Gasteiger partial charge in [0, 0.05) is 38.2 Å². The number of hydrogen-bond donors (Lipinski definition) is 1. The first-order chi connectivity index (χ1) is 12.7. The lowest BCUT2D eigenvalue weighted by Crippen LogP contribution is -2.24. The second-order valence-electron chi connectivity index (χ2n) is 6.89. The molecule has 1 aliphatic rings. The molecule has 0 unspecified atom stereocenters. The van der Waals surface area contributed by atoms with Crippen molar-refractivity contribution in [3.63, 3.8) is 0 Å². The van der Waals surface area contributed by atoms with E-state index in [4.69, 9.17) is 0 Å². The molecule has 0 radical (unpaired) electrons. The molecule has 0 bridgehead atoms. The van der Waals surface area contributed by atoms with Gasteiger partial charge in [0.2, 0.25) is 0 Å². The monoisotopic (exact) mass is 348 g/mol. The molecule has 0 saturated carbocycles. The van der Waals surface area contributed by atoms with Crippen molar-refractivity contribution >= 4 is 11.6 Å². The Morgan fingerprint density at radius 2 is 2.15 bits per heavy atom. The van der Waals surface area contributed by atoms with E-state index in [1.165, 1.54) is 24.1 Å². The minimum absolute atomic E-state index is 0.415. The number of likely N-dealkylation sites (tertiary alicyclic amines) is 1. The Morgan fingerprint density at radius 1 is 1.23 bits per heavy atom. The summed E-state index contributed by atoms with van der Waals surface area (Å²) >= 11 is 0. The number of rotatable bonds is 5. The summed E-state index contributed by atoms with van der Waals surface area (Å²) < 4.78 is 2.10. The summed E-state index contributed by atoms with van der Waals surface area (Å²) in [4.78, 5) is 15.7. The molecular weight excluding hydrogens is 324 g/mol. The number of pyridine rings is 2. The number of anilines is 2. The lowest BCUT2D eigenvalue weighted by molar-refractivity contribution is 0.243. The molecule has 6 nitrogen and oxygen atoms in total. The van der Waals surface area contributed by atoms with Crippen LogP contribution in [0.3, 0.4) is 0 Å². The summed E-state index contributed by atoms with van der Waals surface area (Å²) in [5.74, 6) is 1.70. The van der Waals surface area contributed by atoms with Crippen molar-refractivity contribution in [3.8, 4) is 0 Å². The predicted molar refractivity (Wildman–Crippen MR) is 102 cm³/mol. The maximum atomic E-state index is 4.48. The van der Waals surface area contributed by atoms with E-state index >= 15 is 0 Å². The van der Waals surface area contributed by atoms with Crippen LogP contribution in [-0.2, 0) is 13.6 Å². The van der Waals surface area contributed by atoms with Crippen LogP contribution < -0.4 is 5.32 Å². The third kappa shape index (κ3) is 3.46. The normalized spacial score (nSPS) is 17.5. The van der Waals surface area contributed by atoms with Gasteiger partial charge in [-0.15, -0.1) is 0 Å².